The highest BCUT2D eigenvalue weighted by atomic mass is 32.2. The molecule has 0 spiro atoms. The first kappa shape index (κ1) is 23.3. The van der Waals surface area contributed by atoms with Gasteiger partial charge in [0.15, 0.2) is 0 Å². The van der Waals surface area contributed by atoms with E-state index in [9.17, 15) is 12.8 Å². The summed E-state index contributed by atoms with van der Waals surface area (Å²) in [5, 5.41) is 0. The number of hydrogen-bond acceptors (Lipinski definition) is 4. The molecule has 5 nitrogen and oxygen atoms in total. The molecule has 1 heterocycles. The Kier molecular flexibility index (Phi) is 7.00. The fourth-order valence-corrected chi connectivity index (χ4v) is 6.04. The Hall–Kier alpha value is -2.90. The number of likely N-dealkylation sites (tertiary alicyclic amines) is 1. The van der Waals surface area contributed by atoms with E-state index in [-0.39, 0.29) is 16.8 Å². The predicted octanol–water partition coefficient (Wildman–Crippen LogP) is 4.75. The van der Waals surface area contributed by atoms with Gasteiger partial charge < -0.3 is 4.90 Å². The lowest BCUT2D eigenvalue weighted by molar-refractivity contribution is 0.206. The van der Waals surface area contributed by atoms with E-state index >= 15 is 0 Å². The molecule has 1 aliphatic heterocycles. The van der Waals surface area contributed by atoms with Crippen molar-refractivity contribution in [1.29, 1.82) is 0 Å². The standard InChI is InChI=1S/C26H30FN3O2S/c1-28(2)23-12-8-21(9-13-23)20-29-18-16-25(17-19-29)30(24-14-10-22(27)11-15-24)33(31,32)26-6-4-3-5-7-26/h3-15,25H,16-20H2,1-2H3. The summed E-state index contributed by atoms with van der Waals surface area (Å²) in [6, 6.07) is 22.5. The van der Waals surface area contributed by atoms with E-state index in [0.717, 1.165) is 19.6 Å². The third-order valence-corrected chi connectivity index (χ3v) is 8.02. The molecule has 0 aliphatic carbocycles. The topological polar surface area (TPSA) is 43.9 Å². The first-order valence-electron chi connectivity index (χ1n) is 11.2. The second-order valence-corrected chi connectivity index (χ2v) is 10.5. The first-order valence-corrected chi connectivity index (χ1v) is 12.6. The van der Waals surface area contributed by atoms with Gasteiger partial charge in [-0.25, -0.2) is 12.8 Å². The van der Waals surface area contributed by atoms with Crippen molar-refractivity contribution >= 4 is 21.4 Å². The number of sulfonamides is 1. The van der Waals surface area contributed by atoms with Crippen molar-refractivity contribution in [3.05, 3.63) is 90.2 Å². The van der Waals surface area contributed by atoms with Crippen molar-refractivity contribution in [2.45, 2.75) is 30.3 Å². The second kappa shape index (κ2) is 9.93. The Labute approximate surface area is 196 Å². The molecule has 7 heteroatoms. The lowest BCUT2D eigenvalue weighted by Crippen LogP contribution is -2.47. The van der Waals surface area contributed by atoms with Gasteiger partial charge in [0.1, 0.15) is 5.82 Å². The minimum atomic E-state index is -3.77. The molecule has 1 aliphatic rings. The van der Waals surface area contributed by atoms with Crippen molar-refractivity contribution in [3.8, 4) is 0 Å². The summed E-state index contributed by atoms with van der Waals surface area (Å²) in [5.41, 5.74) is 2.91. The van der Waals surface area contributed by atoms with Crippen LogP contribution in [0.15, 0.2) is 83.8 Å². The van der Waals surface area contributed by atoms with Crippen molar-refractivity contribution < 1.29 is 12.8 Å². The number of rotatable bonds is 7. The fourth-order valence-electron chi connectivity index (χ4n) is 4.31. The number of benzene rings is 3. The van der Waals surface area contributed by atoms with E-state index in [1.54, 1.807) is 42.5 Å². The average Bonchev–Trinajstić information content (AvgIpc) is 2.82. The Morgan fingerprint density at radius 1 is 0.848 bits per heavy atom. The smallest absolute Gasteiger partial charge is 0.264 e. The third-order valence-electron chi connectivity index (χ3n) is 6.13. The van der Waals surface area contributed by atoms with Crippen molar-refractivity contribution in [2.75, 3.05) is 36.4 Å². The van der Waals surface area contributed by atoms with Crippen LogP contribution in [-0.4, -0.2) is 46.5 Å². The van der Waals surface area contributed by atoms with Crippen LogP contribution in [0.1, 0.15) is 18.4 Å². The van der Waals surface area contributed by atoms with Crippen LogP contribution in [0.3, 0.4) is 0 Å². The Morgan fingerprint density at radius 2 is 1.42 bits per heavy atom. The molecule has 4 rings (SSSR count). The molecule has 0 bridgehead atoms. The monoisotopic (exact) mass is 467 g/mol. The number of nitrogens with zero attached hydrogens (tertiary/aromatic N) is 3. The van der Waals surface area contributed by atoms with Crippen LogP contribution in [-0.2, 0) is 16.6 Å². The second-order valence-electron chi connectivity index (χ2n) is 8.66. The maximum Gasteiger partial charge on any atom is 0.264 e. The molecule has 0 atom stereocenters. The summed E-state index contributed by atoms with van der Waals surface area (Å²) in [5.74, 6) is -0.383. The molecular weight excluding hydrogens is 437 g/mol. The van der Waals surface area contributed by atoms with E-state index in [2.05, 4.69) is 34.1 Å². The number of hydrogen-bond donors (Lipinski definition) is 0. The van der Waals surface area contributed by atoms with Gasteiger partial charge in [0.2, 0.25) is 0 Å². The maximum atomic E-state index is 13.6. The van der Waals surface area contributed by atoms with Gasteiger partial charge in [-0.1, -0.05) is 30.3 Å². The van der Waals surface area contributed by atoms with Crippen LogP contribution in [0.2, 0.25) is 0 Å². The van der Waals surface area contributed by atoms with Crippen LogP contribution in [0.25, 0.3) is 0 Å². The van der Waals surface area contributed by atoms with Gasteiger partial charge in [-0.2, -0.15) is 0 Å². The molecule has 0 aromatic heterocycles. The molecule has 0 unspecified atom stereocenters. The number of halogens is 1. The molecule has 0 N–H and O–H groups in total. The van der Waals surface area contributed by atoms with Gasteiger partial charge in [-0.3, -0.25) is 9.21 Å². The van der Waals surface area contributed by atoms with E-state index in [4.69, 9.17) is 0 Å². The summed E-state index contributed by atoms with van der Waals surface area (Å²) in [7, 11) is 0.280. The zero-order chi connectivity index (χ0) is 23.4. The summed E-state index contributed by atoms with van der Waals surface area (Å²) in [6.07, 6.45) is 1.42. The number of piperidine rings is 1. The molecule has 3 aromatic rings. The van der Waals surface area contributed by atoms with Gasteiger partial charge in [-0.05, 0) is 66.9 Å². The predicted molar refractivity (Wildman–Crippen MR) is 132 cm³/mol. The summed E-state index contributed by atoms with van der Waals surface area (Å²) in [6.45, 7) is 2.42. The van der Waals surface area contributed by atoms with Gasteiger partial charge in [-0.15, -0.1) is 0 Å². The molecule has 1 fully saturated rings. The summed E-state index contributed by atoms with van der Waals surface area (Å²) >= 11 is 0. The van der Waals surface area contributed by atoms with Crippen molar-refractivity contribution in [1.82, 2.24) is 4.90 Å². The van der Waals surface area contributed by atoms with Crippen LogP contribution in [0.4, 0.5) is 15.8 Å². The van der Waals surface area contributed by atoms with Crippen molar-refractivity contribution in [3.63, 3.8) is 0 Å². The van der Waals surface area contributed by atoms with Gasteiger partial charge >= 0.3 is 0 Å². The molecule has 0 radical (unpaired) electrons. The van der Waals surface area contributed by atoms with Gasteiger partial charge in [0.25, 0.3) is 10.0 Å². The molecule has 1 saturated heterocycles. The van der Waals surface area contributed by atoms with Crippen LogP contribution in [0.5, 0.6) is 0 Å². The quantitative estimate of drug-likeness (QED) is 0.503. The maximum absolute atomic E-state index is 13.6. The first-order chi connectivity index (χ1) is 15.8. The Morgan fingerprint density at radius 3 is 2.00 bits per heavy atom. The summed E-state index contributed by atoms with van der Waals surface area (Å²) < 4.78 is 42.2. The van der Waals surface area contributed by atoms with E-state index in [0.29, 0.717) is 18.5 Å². The molecule has 174 valence electrons. The highest BCUT2D eigenvalue weighted by molar-refractivity contribution is 7.92. The zero-order valence-electron chi connectivity index (χ0n) is 19.1. The minimum Gasteiger partial charge on any atom is -0.378 e. The Balaban J connectivity index is 1.51. The summed E-state index contributed by atoms with van der Waals surface area (Å²) in [4.78, 5) is 4.68. The Bertz CT molecular complexity index is 1140. The lowest BCUT2D eigenvalue weighted by Gasteiger charge is -2.39. The molecule has 0 saturated carbocycles. The zero-order valence-corrected chi connectivity index (χ0v) is 19.9. The van der Waals surface area contributed by atoms with Crippen molar-refractivity contribution in [2.24, 2.45) is 0 Å². The molecule has 0 amide bonds. The minimum absolute atomic E-state index is 0.187. The van der Waals surface area contributed by atoms with E-state index in [1.165, 1.54) is 27.7 Å². The molecule has 33 heavy (non-hydrogen) atoms. The largest absolute Gasteiger partial charge is 0.378 e. The third kappa shape index (κ3) is 5.37. The van der Waals surface area contributed by atoms with E-state index in [1.807, 2.05) is 14.1 Å². The van der Waals surface area contributed by atoms with Gasteiger partial charge in [0, 0.05) is 45.5 Å². The van der Waals surface area contributed by atoms with Crippen LogP contribution in [0, 0.1) is 5.82 Å². The lowest BCUT2D eigenvalue weighted by atomic mass is 10.0. The highest BCUT2D eigenvalue weighted by Crippen LogP contribution is 2.31. The highest BCUT2D eigenvalue weighted by Gasteiger charge is 2.34. The average molecular weight is 468 g/mol. The number of anilines is 2. The molecule has 3 aromatic carbocycles. The van der Waals surface area contributed by atoms with Crippen LogP contribution < -0.4 is 9.21 Å². The molecular formula is C26H30FN3O2S. The normalized spacial score (nSPS) is 15.4. The fraction of sp³-hybridized carbons (Fsp3) is 0.308. The van der Waals surface area contributed by atoms with Crippen LogP contribution >= 0.6 is 0 Å². The van der Waals surface area contributed by atoms with Gasteiger partial charge in [0.05, 0.1) is 10.6 Å². The SMILES string of the molecule is CN(C)c1ccc(CN2CCC(N(c3ccc(F)cc3)S(=O)(=O)c3ccccc3)CC2)cc1. The van der Waals surface area contributed by atoms with E-state index < -0.39 is 10.0 Å².